The maximum Gasteiger partial charge on any atom is 0.245 e. The molecule has 1 heterocycles. The van der Waals surface area contributed by atoms with Crippen molar-refractivity contribution in [1.82, 2.24) is 4.98 Å². The Kier molecular flexibility index (Phi) is 7.28. The molecule has 1 aromatic heterocycles. The molecule has 0 unspecified atom stereocenters. The molecule has 0 bridgehead atoms. The van der Waals surface area contributed by atoms with Gasteiger partial charge in [0.2, 0.25) is 5.91 Å². The number of ether oxygens (including phenoxy) is 2. The highest BCUT2D eigenvalue weighted by Gasteiger charge is 2.23. The predicted octanol–water partition coefficient (Wildman–Crippen LogP) is 2.46. The maximum atomic E-state index is 12.4. The number of carbonyl (C=O) groups excluding carboxylic acids is 1. The van der Waals surface area contributed by atoms with E-state index in [1.165, 1.54) is 11.3 Å². The highest BCUT2D eigenvalue weighted by atomic mass is 35.5. The topological polar surface area (TPSA) is 77.7 Å². The molecule has 2 aromatic rings. The van der Waals surface area contributed by atoms with Gasteiger partial charge in [-0.05, 0) is 19.1 Å². The first kappa shape index (κ1) is 19.2. The number of hydrogen-bond donors (Lipinski definition) is 1. The number of thiazole rings is 1. The second kappa shape index (κ2) is 8.71. The summed E-state index contributed by atoms with van der Waals surface area (Å²) >= 11 is 1.39. The average Bonchev–Trinajstić information content (AvgIpc) is 3.05. The van der Waals surface area contributed by atoms with Crippen LogP contribution in [0.15, 0.2) is 29.8 Å². The Morgan fingerprint density at radius 2 is 2.13 bits per heavy atom. The molecule has 23 heavy (non-hydrogen) atoms. The number of carbonyl (C=O) groups is 1. The van der Waals surface area contributed by atoms with Crippen LogP contribution in [0.5, 0.6) is 11.5 Å². The predicted molar refractivity (Wildman–Crippen MR) is 93.7 cm³/mol. The number of benzene rings is 1. The molecule has 0 spiro atoms. The van der Waals surface area contributed by atoms with E-state index in [0.717, 1.165) is 5.56 Å². The molecule has 2 N–H and O–H groups in total. The van der Waals surface area contributed by atoms with Crippen LogP contribution >= 0.6 is 23.7 Å². The van der Waals surface area contributed by atoms with Crippen molar-refractivity contribution in [2.45, 2.75) is 19.5 Å². The van der Waals surface area contributed by atoms with Crippen LogP contribution in [-0.2, 0) is 11.3 Å². The van der Waals surface area contributed by atoms with Gasteiger partial charge in [0.05, 0.1) is 26.8 Å². The lowest BCUT2D eigenvalue weighted by molar-refractivity contribution is -0.119. The van der Waals surface area contributed by atoms with Crippen molar-refractivity contribution in [3.63, 3.8) is 0 Å². The molecule has 1 atom stereocenters. The van der Waals surface area contributed by atoms with E-state index in [-0.39, 0.29) is 18.3 Å². The summed E-state index contributed by atoms with van der Waals surface area (Å²) in [6.07, 6.45) is 1.66. The summed E-state index contributed by atoms with van der Waals surface area (Å²) in [6.45, 7) is 2.00. The molecule has 0 saturated heterocycles. The largest absolute Gasteiger partial charge is 0.497 e. The number of nitrogens with zero attached hydrogens (tertiary/aromatic N) is 2. The number of methoxy groups -OCH3 is 2. The molecule has 126 valence electrons. The maximum absolute atomic E-state index is 12.4. The lowest BCUT2D eigenvalue weighted by atomic mass is 10.1. The molecule has 0 radical (unpaired) electrons. The molecule has 0 aliphatic carbocycles. The zero-order valence-electron chi connectivity index (χ0n) is 13.2. The number of hydrogen-bond acceptors (Lipinski definition) is 6. The third-order valence-corrected chi connectivity index (χ3v) is 3.92. The SMILES string of the molecule is COc1ccc(CN(C(=O)[C@H](C)N)c2nccs2)c(OC)c1.Cl. The summed E-state index contributed by atoms with van der Waals surface area (Å²) in [6, 6.07) is 4.88. The smallest absolute Gasteiger partial charge is 0.245 e. The van der Waals surface area contributed by atoms with Crippen LogP contribution in [-0.4, -0.2) is 31.2 Å². The van der Waals surface area contributed by atoms with Gasteiger partial charge in [-0.1, -0.05) is 0 Å². The van der Waals surface area contributed by atoms with Crippen molar-refractivity contribution in [3.05, 3.63) is 35.3 Å². The van der Waals surface area contributed by atoms with Crippen molar-refractivity contribution < 1.29 is 14.3 Å². The van der Waals surface area contributed by atoms with E-state index in [0.29, 0.717) is 23.2 Å². The number of amides is 1. The number of rotatable bonds is 6. The molecular formula is C15H20ClN3O3S. The van der Waals surface area contributed by atoms with Crippen LogP contribution < -0.4 is 20.1 Å². The third-order valence-electron chi connectivity index (χ3n) is 3.13. The lowest BCUT2D eigenvalue weighted by Gasteiger charge is -2.23. The standard InChI is InChI=1S/C15H19N3O3S.ClH/c1-10(16)14(19)18(15-17-6-7-22-15)9-11-4-5-12(20-2)8-13(11)21-3;/h4-8,10H,9,16H2,1-3H3;1H/t10-;/m0./s1. The number of aromatic nitrogens is 1. The first-order valence-corrected chi connectivity index (χ1v) is 7.62. The second-order valence-electron chi connectivity index (χ2n) is 4.71. The molecule has 1 amide bonds. The summed E-state index contributed by atoms with van der Waals surface area (Å²) < 4.78 is 10.6. The highest BCUT2D eigenvalue weighted by Crippen LogP contribution is 2.28. The minimum Gasteiger partial charge on any atom is -0.497 e. The number of halogens is 1. The van der Waals surface area contributed by atoms with Crippen LogP contribution in [0.1, 0.15) is 12.5 Å². The quantitative estimate of drug-likeness (QED) is 0.859. The summed E-state index contributed by atoms with van der Waals surface area (Å²) in [7, 11) is 3.18. The van der Waals surface area contributed by atoms with Gasteiger partial charge in [-0.25, -0.2) is 4.98 Å². The molecule has 0 fully saturated rings. The van der Waals surface area contributed by atoms with Crippen molar-refractivity contribution in [3.8, 4) is 11.5 Å². The normalized spacial score (nSPS) is 11.3. The van der Waals surface area contributed by atoms with Crippen molar-refractivity contribution in [2.75, 3.05) is 19.1 Å². The molecule has 6 nitrogen and oxygen atoms in total. The monoisotopic (exact) mass is 357 g/mol. The molecule has 8 heteroatoms. The molecule has 0 saturated carbocycles. The van der Waals surface area contributed by atoms with E-state index in [1.807, 2.05) is 17.5 Å². The van der Waals surface area contributed by atoms with Crippen LogP contribution in [0.25, 0.3) is 0 Å². The van der Waals surface area contributed by atoms with Gasteiger partial charge in [0, 0.05) is 23.2 Å². The summed E-state index contributed by atoms with van der Waals surface area (Å²) in [5.74, 6) is 1.16. The Hall–Kier alpha value is -1.83. The fourth-order valence-electron chi connectivity index (χ4n) is 1.99. The summed E-state index contributed by atoms with van der Waals surface area (Å²) in [5, 5.41) is 2.43. The number of nitrogens with two attached hydrogens (primary N) is 1. The Balaban J connectivity index is 0.00000264. The van der Waals surface area contributed by atoms with Crippen molar-refractivity contribution in [2.24, 2.45) is 5.73 Å². The van der Waals surface area contributed by atoms with Gasteiger partial charge < -0.3 is 15.2 Å². The number of anilines is 1. The van der Waals surface area contributed by atoms with Crippen LogP contribution in [0.4, 0.5) is 5.13 Å². The van der Waals surface area contributed by atoms with E-state index in [1.54, 1.807) is 38.3 Å². The van der Waals surface area contributed by atoms with Crippen LogP contribution in [0.3, 0.4) is 0 Å². The van der Waals surface area contributed by atoms with Gasteiger partial charge in [-0.15, -0.1) is 23.7 Å². The van der Waals surface area contributed by atoms with Crippen LogP contribution in [0, 0.1) is 0 Å². The summed E-state index contributed by atoms with van der Waals surface area (Å²) in [5.41, 5.74) is 6.60. The van der Waals surface area contributed by atoms with E-state index >= 15 is 0 Å². The van der Waals surface area contributed by atoms with E-state index < -0.39 is 6.04 Å². The lowest BCUT2D eigenvalue weighted by Crippen LogP contribution is -2.41. The molecule has 0 aliphatic rings. The van der Waals surface area contributed by atoms with E-state index in [2.05, 4.69) is 4.98 Å². The fraction of sp³-hybridized carbons (Fsp3) is 0.333. The zero-order valence-corrected chi connectivity index (χ0v) is 14.8. The van der Waals surface area contributed by atoms with Gasteiger partial charge in [-0.3, -0.25) is 9.69 Å². The third kappa shape index (κ3) is 4.57. The molecular weight excluding hydrogens is 338 g/mol. The zero-order chi connectivity index (χ0) is 16.1. The second-order valence-corrected chi connectivity index (χ2v) is 5.58. The van der Waals surface area contributed by atoms with Gasteiger partial charge in [0.1, 0.15) is 11.5 Å². The first-order valence-electron chi connectivity index (χ1n) is 6.74. The Labute approximate surface area is 145 Å². The van der Waals surface area contributed by atoms with Gasteiger partial charge in [-0.2, -0.15) is 0 Å². The minimum absolute atomic E-state index is 0. The summed E-state index contributed by atoms with van der Waals surface area (Å²) in [4.78, 5) is 18.1. The van der Waals surface area contributed by atoms with E-state index in [9.17, 15) is 4.79 Å². The Morgan fingerprint density at radius 3 is 2.65 bits per heavy atom. The van der Waals surface area contributed by atoms with Crippen molar-refractivity contribution >= 4 is 34.8 Å². The van der Waals surface area contributed by atoms with Gasteiger partial charge in [0.25, 0.3) is 0 Å². The first-order chi connectivity index (χ1) is 10.6. The van der Waals surface area contributed by atoms with Crippen molar-refractivity contribution in [1.29, 1.82) is 0 Å². The van der Waals surface area contributed by atoms with Crippen LogP contribution in [0.2, 0.25) is 0 Å². The Morgan fingerprint density at radius 1 is 1.39 bits per heavy atom. The Bertz CT molecular complexity index is 635. The molecule has 0 aliphatic heterocycles. The van der Waals surface area contributed by atoms with Gasteiger partial charge >= 0.3 is 0 Å². The fourth-order valence-corrected chi connectivity index (χ4v) is 2.63. The molecule has 2 rings (SSSR count). The van der Waals surface area contributed by atoms with Gasteiger partial charge in [0.15, 0.2) is 5.13 Å². The minimum atomic E-state index is -0.604. The highest BCUT2D eigenvalue weighted by molar-refractivity contribution is 7.13. The molecule has 1 aromatic carbocycles. The average molecular weight is 358 g/mol. The van der Waals surface area contributed by atoms with E-state index in [4.69, 9.17) is 15.2 Å².